The van der Waals surface area contributed by atoms with Crippen LogP contribution in [0.1, 0.15) is 50.1 Å². The zero-order valence-corrected chi connectivity index (χ0v) is 13.0. The summed E-state index contributed by atoms with van der Waals surface area (Å²) in [6, 6.07) is 10.1. The van der Waals surface area contributed by atoms with E-state index in [-0.39, 0.29) is 12.1 Å². The van der Waals surface area contributed by atoms with Crippen molar-refractivity contribution in [2.24, 2.45) is 11.8 Å². The van der Waals surface area contributed by atoms with Gasteiger partial charge in [0.15, 0.2) is 0 Å². The maximum Gasteiger partial charge on any atom is 0.315 e. The van der Waals surface area contributed by atoms with E-state index >= 15 is 0 Å². The second-order valence-corrected chi connectivity index (χ2v) is 6.76. The minimum Gasteiger partial charge on any atom is -0.391 e. The van der Waals surface area contributed by atoms with Crippen LogP contribution in [0.3, 0.4) is 0 Å². The largest absolute Gasteiger partial charge is 0.391 e. The Morgan fingerprint density at radius 1 is 1.18 bits per heavy atom. The van der Waals surface area contributed by atoms with Gasteiger partial charge in [-0.05, 0) is 36.7 Å². The average Bonchev–Trinajstić information content (AvgIpc) is 3.33. The van der Waals surface area contributed by atoms with Crippen molar-refractivity contribution < 1.29 is 9.90 Å². The van der Waals surface area contributed by atoms with Crippen LogP contribution in [0.15, 0.2) is 30.3 Å². The third-order valence-electron chi connectivity index (χ3n) is 4.94. The average molecular weight is 302 g/mol. The Labute approximate surface area is 132 Å². The highest BCUT2D eigenvalue weighted by Gasteiger charge is 2.30. The van der Waals surface area contributed by atoms with Crippen molar-refractivity contribution in [2.45, 2.75) is 50.7 Å². The van der Waals surface area contributed by atoms with E-state index in [2.05, 4.69) is 22.8 Å². The number of benzene rings is 1. The number of aliphatic hydroxyl groups excluding tert-OH is 1. The first-order chi connectivity index (χ1) is 10.7. The topological polar surface area (TPSA) is 61.4 Å². The fourth-order valence-electron chi connectivity index (χ4n) is 3.08. The third-order valence-corrected chi connectivity index (χ3v) is 4.94. The number of hydrogen-bond acceptors (Lipinski definition) is 2. The second kappa shape index (κ2) is 7.14. The fourth-order valence-corrected chi connectivity index (χ4v) is 3.08. The Morgan fingerprint density at radius 3 is 2.50 bits per heavy atom. The molecule has 2 saturated carbocycles. The van der Waals surface area contributed by atoms with E-state index in [1.54, 1.807) is 0 Å². The molecule has 2 amide bonds. The summed E-state index contributed by atoms with van der Waals surface area (Å²) in [5, 5.41) is 15.7. The van der Waals surface area contributed by atoms with Gasteiger partial charge in [-0.2, -0.15) is 0 Å². The summed E-state index contributed by atoms with van der Waals surface area (Å²) in [6.07, 6.45) is 6.62. The standard InChI is InChI=1S/C18H26N2O2/c21-17(15-9-10-15)12-19-18(22)20-16(11-13-5-4-6-13)14-7-2-1-3-8-14/h1-3,7-8,13,15-17,21H,4-6,9-12H2,(H2,19,20,22). The number of amides is 2. The van der Waals surface area contributed by atoms with Crippen LogP contribution >= 0.6 is 0 Å². The number of urea groups is 1. The molecule has 3 rings (SSSR count). The molecule has 0 aliphatic heterocycles. The first-order valence-corrected chi connectivity index (χ1v) is 8.49. The first kappa shape index (κ1) is 15.3. The number of aliphatic hydroxyl groups is 1. The van der Waals surface area contributed by atoms with Crippen LogP contribution in [0.2, 0.25) is 0 Å². The minimum absolute atomic E-state index is 0.0598. The Morgan fingerprint density at radius 2 is 1.91 bits per heavy atom. The van der Waals surface area contributed by atoms with E-state index in [0.29, 0.717) is 12.5 Å². The Kier molecular flexibility index (Phi) is 4.98. The quantitative estimate of drug-likeness (QED) is 0.725. The maximum absolute atomic E-state index is 12.1. The van der Waals surface area contributed by atoms with Crippen molar-refractivity contribution in [1.29, 1.82) is 0 Å². The number of carbonyl (C=O) groups excluding carboxylic acids is 1. The maximum atomic E-state index is 12.1. The number of nitrogens with one attached hydrogen (secondary N) is 2. The molecule has 22 heavy (non-hydrogen) atoms. The Balaban J connectivity index is 1.52. The summed E-state index contributed by atoms with van der Waals surface area (Å²) >= 11 is 0. The van der Waals surface area contributed by atoms with Gasteiger partial charge in [0.25, 0.3) is 0 Å². The Hall–Kier alpha value is -1.55. The molecule has 0 spiro atoms. The molecule has 2 unspecified atom stereocenters. The molecule has 4 nitrogen and oxygen atoms in total. The molecule has 0 radical (unpaired) electrons. The lowest BCUT2D eigenvalue weighted by atomic mass is 9.79. The first-order valence-electron chi connectivity index (χ1n) is 8.49. The lowest BCUT2D eigenvalue weighted by Gasteiger charge is -2.30. The molecule has 0 heterocycles. The van der Waals surface area contributed by atoms with Gasteiger partial charge in [0.1, 0.15) is 0 Å². The molecular weight excluding hydrogens is 276 g/mol. The molecule has 0 saturated heterocycles. The predicted octanol–water partition coefficient (Wildman–Crippen LogP) is 2.99. The Bertz CT molecular complexity index is 483. The van der Waals surface area contributed by atoms with Crippen molar-refractivity contribution in [2.75, 3.05) is 6.54 Å². The monoisotopic (exact) mass is 302 g/mol. The smallest absolute Gasteiger partial charge is 0.315 e. The summed E-state index contributed by atoms with van der Waals surface area (Å²) in [7, 11) is 0. The third kappa shape index (κ3) is 4.23. The highest BCUT2D eigenvalue weighted by atomic mass is 16.3. The highest BCUT2D eigenvalue weighted by molar-refractivity contribution is 5.74. The molecule has 1 aromatic carbocycles. The van der Waals surface area contributed by atoms with E-state index in [9.17, 15) is 9.90 Å². The van der Waals surface area contributed by atoms with E-state index in [1.165, 1.54) is 19.3 Å². The predicted molar refractivity (Wildman–Crippen MR) is 86.4 cm³/mol. The van der Waals surface area contributed by atoms with Gasteiger partial charge in [0.05, 0.1) is 12.1 Å². The van der Waals surface area contributed by atoms with Crippen molar-refractivity contribution in [3.8, 4) is 0 Å². The van der Waals surface area contributed by atoms with Gasteiger partial charge < -0.3 is 15.7 Å². The lowest BCUT2D eigenvalue weighted by Crippen LogP contribution is -2.42. The van der Waals surface area contributed by atoms with Crippen LogP contribution in [-0.2, 0) is 0 Å². The molecule has 2 aliphatic rings. The molecule has 1 aromatic rings. The van der Waals surface area contributed by atoms with Crippen LogP contribution in [0.5, 0.6) is 0 Å². The van der Waals surface area contributed by atoms with Crippen LogP contribution in [-0.4, -0.2) is 23.8 Å². The zero-order valence-electron chi connectivity index (χ0n) is 13.0. The molecule has 120 valence electrons. The van der Waals surface area contributed by atoms with Gasteiger partial charge in [-0.3, -0.25) is 0 Å². The molecule has 3 N–H and O–H groups in total. The zero-order chi connectivity index (χ0) is 15.4. The lowest BCUT2D eigenvalue weighted by molar-refractivity contribution is 0.148. The molecular formula is C18H26N2O2. The van der Waals surface area contributed by atoms with Crippen LogP contribution in [0.4, 0.5) is 4.79 Å². The summed E-state index contributed by atoms with van der Waals surface area (Å²) in [5.41, 5.74) is 1.16. The molecule has 2 atom stereocenters. The van der Waals surface area contributed by atoms with Crippen molar-refractivity contribution >= 4 is 6.03 Å². The van der Waals surface area contributed by atoms with Gasteiger partial charge in [-0.1, -0.05) is 49.6 Å². The number of hydrogen-bond donors (Lipinski definition) is 3. The van der Waals surface area contributed by atoms with Gasteiger partial charge in [-0.25, -0.2) is 4.79 Å². The van der Waals surface area contributed by atoms with Gasteiger partial charge in [0.2, 0.25) is 0 Å². The van der Waals surface area contributed by atoms with E-state index in [0.717, 1.165) is 30.7 Å². The summed E-state index contributed by atoms with van der Waals surface area (Å²) < 4.78 is 0. The van der Waals surface area contributed by atoms with E-state index < -0.39 is 6.10 Å². The van der Waals surface area contributed by atoms with Crippen LogP contribution in [0.25, 0.3) is 0 Å². The molecule has 2 aliphatic carbocycles. The number of carbonyl (C=O) groups is 1. The summed E-state index contributed by atoms with van der Waals surface area (Å²) in [6.45, 7) is 0.349. The summed E-state index contributed by atoms with van der Waals surface area (Å²) in [4.78, 5) is 12.1. The molecule has 0 bridgehead atoms. The summed E-state index contributed by atoms with van der Waals surface area (Å²) in [5.74, 6) is 1.11. The van der Waals surface area contributed by atoms with Crippen molar-refractivity contribution in [3.05, 3.63) is 35.9 Å². The van der Waals surface area contributed by atoms with Crippen LogP contribution in [0, 0.1) is 11.8 Å². The molecule has 4 heteroatoms. The molecule has 0 aromatic heterocycles. The second-order valence-electron chi connectivity index (χ2n) is 6.76. The SMILES string of the molecule is O=C(NCC(O)C1CC1)NC(CC1CCC1)c1ccccc1. The fraction of sp³-hybridized carbons (Fsp3) is 0.611. The highest BCUT2D eigenvalue weighted by Crippen LogP contribution is 2.35. The van der Waals surface area contributed by atoms with Gasteiger partial charge in [0, 0.05) is 6.54 Å². The van der Waals surface area contributed by atoms with Crippen LogP contribution < -0.4 is 10.6 Å². The van der Waals surface area contributed by atoms with Crippen molar-refractivity contribution in [1.82, 2.24) is 10.6 Å². The van der Waals surface area contributed by atoms with Gasteiger partial charge >= 0.3 is 6.03 Å². The normalized spacial score (nSPS) is 20.8. The number of rotatable bonds is 7. The van der Waals surface area contributed by atoms with E-state index in [1.807, 2.05) is 18.2 Å². The molecule has 2 fully saturated rings. The minimum atomic E-state index is -0.396. The van der Waals surface area contributed by atoms with E-state index in [4.69, 9.17) is 0 Å². The van der Waals surface area contributed by atoms with Gasteiger partial charge in [-0.15, -0.1) is 0 Å². The van der Waals surface area contributed by atoms with Crippen molar-refractivity contribution in [3.63, 3.8) is 0 Å².